The molecule has 29 heteroatoms. The van der Waals surface area contributed by atoms with Crippen LogP contribution in [0.2, 0.25) is 0 Å². The summed E-state index contributed by atoms with van der Waals surface area (Å²) in [6.45, 7) is -1.20. The van der Waals surface area contributed by atoms with Gasteiger partial charge in [-0.2, -0.15) is 0 Å². The molecule has 29 nitrogen and oxygen atoms in total. The fourth-order valence-electron chi connectivity index (χ4n) is 16.9. The highest BCUT2D eigenvalue weighted by Crippen LogP contribution is 2.40. The van der Waals surface area contributed by atoms with Crippen molar-refractivity contribution >= 4 is 47.6 Å². The fraction of sp³-hybridized carbons (Fsp3) is 0.298. The van der Waals surface area contributed by atoms with Gasteiger partial charge >= 0.3 is 41.8 Å². The van der Waals surface area contributed by atoms with E-state index < -0.39 is 191 Å². The summed E-state index contributed by atoms with van der Waals surface area (Å²) in [5.74, 6) is -7.38. The van der Waals surface area contributed by atoms with E-state index in [-0.39, 0.29) is 91.8 Å². The van der Waals surface area contributed by atoms with Crippen LogP contribution in [0.3, 0.4) is 0 Å². The topological polar surface area (TPSA) is 330 Å². The number of ketones is 1. The molecule has 0 amide bonds. The maximum Gasteiger partial charge on any atom is 0.338 e. The molecule has 4 aliphatic heterocycles. The Kier molecular flexibility index (Phi) is 37.2. The number of hydrogen-bond donors (Lipinski definition) is 0. The van der Waals surface area contributed by atoms with E-state index in [1.165, 1.54) is 86.8 Å². The molecule has 12 aromatic rings. The molecule has 0 N–H and O–H groups in total. The summed E-state index contributed by atoms with van der Waals surface area (Å²) >= 11 is 0. The van der Waals surface area contributed by atoms with E-state index in [9.17, 15) is 9.59 Å². The van der Waals surface area contributed by atoms with Crippen molar-refractivity contribution in [2.75, 3.05) is 33.5 Å². The molecule has 0 bridgehead atoms. The van der Waals surface area contributed by atoms with Gasteiger partial charge in [-0.15, -0.1) is 0 Å². The number of carbonyl (C=O) groups excluding carboxylic acids is 8. The van der Waals surface area contributed by atoms with Gasteiger partial charge in [0.1, 0.15) is 60.7 Å². The predicted octanol–water partition coefficient (Wildman–Crippen LogP) is 16.4. The maximum atomic E-state index is 15.5. The van der Waals surface area contributed by atoms with Crippen LogP contribution in [0, 0.1) is 0 Å². The van der Waals surface area contributed by atoms with E-state index in [0.717, 1.165) is 27.8 Å². The number of benzene rings is 12. The lowest BCUT2D eigenvalue weighted by Crippen LogP contribution is -2.66. The molecular weight excluding hydrogens is 1830 g/mol. The van der Waals surface area contributed by atoms with Crippen LogP contribution in [-0.2, 0) is 149 Å². The second-order valence-corrected chi connectivity index (χ2v) is 34.3. The Hall–Kier alpha value is -14.0. The number of carbonyl (C=O) groups is 8. The van der Waals surface area contributed by atoms with Crippen LogP contribution in [0.4, 0.5) is 0 Å². The zero-order valence-electron chi connectivity index (χ0n) is 78.5. The van der Waals surface area contributed by atoms with Crippen molar-refractivity contribution in [1.29, 1.82) is 0 Å². The van der Waals surface area contributed by atoms with E-state index in [1.54, 1.807) is 109 Å². The van der Waals surface area contributed by atoms with Gasteiger partial charge in [0.05, 0.1) is 106 Å². The second-order valence-electron chi connectivity index (χ2n) is 34.3. The molecule has 20 atom stereocenters. The van der Waals surface area contributed by atoms with Gasteiger partial charge in [-0.05, 0) is 113 Å². The van der Waals surface area contributed by atoms with Crippen molar-refractivity contribution in [1.82, 2.24) is 0 Å². The molecule has 0 aliphatic carbocycles. The average molecular weight is 1940 g/mol. The van der Waals surface area contributed by atoms with E-state index in [1.807, 2.05) is 182 Å². The first-order valence-electron chi connectivity index (χ1n) is 47.2. The first kappa shape index (κ1) is 102. The van der Waals surface area contributed by atoms with Crippen molar-refractivity contribution in [2.24, 2.45) is 0 Å². The van der Waals surface area contributed by atoms with E-state index in [4.69, 9.17) is 99.5 Å². The summed E-state index contributed by atoms with van der Waals surface area (Å²) in [5, 5.41) is 0. The van der Waals surface area contributed by atoms with Gasteiger partial charge in [0.2, 0.25) is 0 Å². The van der Waals surface area contributed by atoms with Crippen LogP contribution in [0.5, 0.6) is 0 Å². The molecule has 4 heterocycles. The minimum atomic E-state index is -2.14. The Morgan fingerprint density at radius 1 is 0.210 bits per heavy atom. The van der Waals surface area contributed by atoms with Crippen LogP contribution in [0.25, 0.3) is 0 Å². The first-order chi connectivity index (χ1) is 70.1. The van der Waals surface area contributed by atoms with Crippen molar-refractivity contribution in [2.45, 2.75) is 182 Å². The number of hydrogen-bond acceptors (Lipinski definition) is 29. The number of ether oxygens (including phenoxy) is 21. The summed E-state index contributed by atoms with van der Waals surface area (Å²) in [4.78, 5) is 120. The van der Waals surface area contributed by atoms with Crippen LogP contribution < -0.4 is 0 Å². The third kappa shape index (κ3) is 28.5. The second kappa shape index (κ2) is 52.2. The minimum absolute atomic E-state index is 0.00655. The molecule has 4 aliphatic rings. The Morgan fingerprint density at radius 2 is 0.427 bits per heavy atom. The summed E-state index contributed by atoms with van der Waals surface area (Å²) in [6, 6.07) is 103. The summed E-state index contributed by atoms with van der Waals surface area (Å²) in [6.07, 6.45) is -33.2. The number of Topliss-reactive ketones (excluding diaryl/α,β-unsaturated/α-hetero) is 1. The average Bonchev–Trinajstić information content (AvgIpc) is 0.788. The van der Waals surface area contributed by atoms with Gasteiger partial charge in [0.25, 0.3) is 0 Å². The van der Waals surface area contributed by atoms with Crippen LogP contribution in [0.15, 0.2) is 364 Å². The van der Waals surface area contributed by atoms with Gasteiger partial charge in [-0.3, -0.25) is 4.79 Å². The molecule has 12 aromatic carbocycles. The van der Waals surface area contributed by atoms with E-state index in [0.29, 0.717) is 5.56 Å². The molecule has 0 unspecified atom stereocenters. The Labute approximate surface area is 827 Å². The predicted molar refractivity (Wildman–Crippen MR) is 514 cm³/mol. The minimum Gasteiger partial charge on any atom is -0.454 e. The highest BCUT2D eigenvalue weighted by molar-refractivity contribution is 5.93. The number of methoxy groups -OCH3 is 1. The zero-order chi connectivity index (χ0) is 98.9. The molecule has 0 aromatic heterocycles. The quantitative estimate of drug-likeness (QED) is 0.0253. The molecule has 4 fully saturated rings. The molecule has 143 heavy (non-hydrogen) atoms. The highest BCUT2D eigenvalue weighted by atomic mass is 16.8. The van der Waals surface area contributed by atoms with Gasteiger partial charge in [-0.25, -0.2) is 28.8 Å². The highest BCUT2D eigenvalue weighted by Gasteiger charge is 2.59. The Bertz CT molecular complexity index is 5960. The smallest absolute Gasteiger partial charge is 0.338 e. The summed E-state index contributed by atoms with van der Waals surface area (Å²) in [5.41, 5.74) is 4.50. The van der Waals surface area contributed by atoms with Crippen molar-refractivity contribution < 1.29 is 138 Å². The third-order valence-electron chi connectivity index (χ3n) is 24.2. The lowest BCUT2D eigenvalue weighted by Gasteiger charge is -2.48. The molecule has 0 saturated carbocycles. The number of esters is 7. The normalized spacial score (nSPS) is 24.0. The van der Waals surface area contributed by atoms with Crippen LogP contribution in [-0.4, -0.2) is 204 Å². The third-order valence-corrected chi connectivity index (χ3v) is 24.2. The SMILES string of the molecule is CO[C@H]1O[C@H](CO[C@@H]2O[C@H](CO[C@@H]3O[C@H](CO[C@@H]4O[C@H](COCc5ccccc5)[C@H](OCc5ccccc5)[C@H](OCc5ccccc5)[C@H]4OC(=O)CCC(C)=O)[C@@H](OC(=O)c4ccccc4)[C@H](OC(=O)c4ccccc4)[C@H]3OC(=O)c3ccccc3)[C@@H](OC(=O)c3ccccc3)[C@H](OC(=O)c3ccccc3)[C@H]2OC(=O)c2ccccc2)[C@@H](OCc2ccccc2)[C@H](OCc2ccccc2)[C@H]1OCc1ccccc1. The van der Waals surface area contributed by atoms with Crippen molar-refractivity contribution in [3.63, 3.8) is 0 Å². The number of rotatable bonds is 45. The molecule has 4 saturated heterocycles. The zero-order valence-corrected chi connectivity index (χ0v) is 78.5. The maximum absolute atomic E-state index is 15.5. The fourth-order valence-corrected chi connectivity index (χ4v) is 16.9. The van der Waals surface area contributed by atoms with Gasteiger partial charge in [-0.1, -0.05) is 291 Å². The van der Waals surface area contributed by atoms with Crippen molar-refractivity contribution in [3.8, 4) is 0 Å². The van der Waals surface area contributed by atoms with Crippen LogP contribution in [0.1, 0.15) is 115 Å². The summed E-state index contributed by atoms with van der Waals surface area (Å²) in [7, 11) is 1.45. The first-order valence-corrected chi connectivity index (χ1v) is 47.2. The van der Waals surface area contributed by atoms with Gasteiger partial charge in [0.15, 0.2) is 67.9 Å². The molecular formula is C114H110O29. The van der Waals surface area contributed by atoms with E-state index in [2.05, 4.69) is 0 Å². The van der Waals surface area contributed by atoms with Crippen LogP contribution >= 0.6 is 0 Å². The molecule has 0 radical (unpaired) electrons. The van der Waals surface area contributed by atoms with Gasteiger partial charge in [0, 0.05) is 13.5 Å². The Morgan fingerprint density at radius 3 is 0.706 bits per heavy atom. The summed E-state index contributed by atoms with van der Waals surface area (Å²) < 4.78 is 144. The van der Waals surface area contributed by atoms with Gasteiger partial charge < -0.3 is 104 Å². The van der Waals surface area contributed by atoms with Crippen molar-refractivity contribution in [3.05, 3.63) is 431 Å². The molecule has 16 rings (SSSR count). The standard InChI is InChI=1S/C114H110O29/c1-75(115)63-64-92(116)137-102-98(128-69-80-47-23-7-24-48-80)93(125-66-77-41-17-4-18-42-77)88(71-124-65-76-39-15-3-16-40-76)134-112(102)131-73-90-95(138-105(117)82-51-27-9-28-52-82)100(141-108(120)85-57-33-12-34-58-85)104(143-110(122)87-61-37-14-38-62-87)114(136-90)132-74-91-96(139-106(118)83-53-29-10-30-54-83)99(140-107(119)84-55-31-11-32-56-84)103(142-109(121)86-59-35-13-36-60-86)113(135-91)130-72-89-94(126-67-78-43-19-5-20-44-78)97(127-68-79-45-21-6-22-46-79)101(111(123-2)133-89)129-70-81-49-25-8-26-50-81/h3-62,88-91,93-104,111-114H,63-74H2,1-2H3/t88-,89-,90-,91-,93+,94-,95-,96-,97+,98+,99+,100+,101-,102-,103-,104-,111+,112-,113-,114-/m1/s1. The lowest BCUT2D eigenvalue weighted by molar-refractivity contribution is -0.351. The van der Waals surface area contributed by atoms with E-state index >= 15 is 28.8 Å². The molecule has 0 spiro atoms. The molecule has 740 valence electrons. The largest absolute Gasteiger partial charge is 0.454 e. The Balaban J connectivity index is 0.830. The lowest BCUT2D eigenvalue weighted by atomic mass is 9.96. The monoisotopic (exact) mass is 1940 g/mol.